The van der Waals surface area contributed by atoms with Crippen molar-refractivity contribution in [2.24, 2.45) is 4.99 Å². The van der Waals surface area contributed by atoms with E-state index in [0.29, 0.717) is 54.4 Å². The van der Waals surface area contributed by atoms with Crippen LogP contribution in [-0.2, 0) is 22.6 Å². The minimum atomic E-state index is -0.102. The molecule has 39 heavy (non-hydrogen) atoms. The van der Waals surface area contributed by atoms with E-state index in [1.165, 1.54) is 17.3 Å². The number of thioether (sulfide) groups is 1. The van der Waals surface area contributed by atoms with Gasteiger partial charge in [0.15, 0.2) is 16.7 Å². The third kappa shape index (κ3) is 7.40. The SMILES string of the molecule is C=CCc1cc(/C=C2/SC(=Nc3ccccc3)N(CCOC)C2=O)cc(OCC)c1OCc1ccc(C)cc1. The Morgan fingerprint density at radius 3 is 2.51 bits per heavy atom. The molecule has 6 nitrogen and oxygen atoms in total. The molecule has 7 heteroatoms. The number of allylic oxidation sites excluding steroid dienone is 1. The van der Waals surface area contributed by atoms with Gasteiger partial charge in [0.2, 0.25) is 0 Å². The van der Waals surface area contributed by atoms with Gasteiger partial charge in [-0.1, -0.05) is 54.1 Å². The van der Waals surface area contributed by atoms with Crippen molar-refractivity contribution < 1.29 is 19.0 Å². The molecule has 1 heterocycles. The van der Waals surface area contributed by atoms with Gasteiger partial charge in [0.1, 0.15) is 6.61 Å². The van der Waals surface area contributed by atoms with Gasteiger partial charge in [-0.15, -0.1) is 6.58 Å². The molecule has 1 fully saturated rings. The quantitative estimate of drug-likeness (QED) is 0.183. The number of benzene rings is 3. The number of ether oxygens (including phenoxy) is 3. The van der Waals surface area contributed by atoms with E-state index in [-0.39, 0.29) is 5.91 Å². The van der Waals surface area contributed by atoms with Crippen molar-refractivity contribution in [2.75, 3.05) is 26.9 Å². The monoisotopic (exact) mass is 542 g/mol. The number of carbonyl (C=O) groups excluding carboxylic acids is 1. The van der Waals surface area contributed by atoms with Gasteiger partial charge < -0.3 is 14.2 Å². The third-order valence-corrected chi connectivity index (χ3v) is 7.01. The third-order valence-electron chi connectivity index (χ3n) is 6.01. The summed E-state index contributed by atoms with van der Waals surface area (Å²) in [6, 6.07) is 21.9. The average molecular weight is 543 g/mol. The Morgan fingerprint density at radius 2 is 1.82 bits per heavy atom. The Hall–Kier alpha value is -3.81. The van der Waals surface area contributed by atoms with Crippen LogP contribution in [0.5, 0.6) is 11.5 Å². The van der Waals surface area contributed by atoms with Crippen molar-refractivity contribution >= 4 is 34.6 Å². The average Bonchev–Trinajstić information content (AvgIpc) is 3.22. The van der Waals surface area contributed by atoms with Gasteiger partial charge in [-0.2, -0.15) is 0 Å². The summed E-state index contributed by atoms with van der Waals surface area (Å²) in [7, 11) is 1.62. The predicted octanol–water partition coefficient (Wildman–Crippen LogP) is 6.95. The summed E-state index contributed by atoms with van der Waals surface area (Å²) in [4.78, 5) is 20.4. The smallest absolute Gasteiger partial charge is 0.266 e. The van der Waals surface area contributed by atoms with Crippen LogP contribution in [0.25, 0.3) is 6.08 Å². The topological polar surface area (TPSA) is 60.4 Å². The van der Waals surface area contributed by atoms with E-state index >= 15 is 0 Å². The lowest BCUT2D eigenvalue weighted by atomic mass is 10.0. The second kappa shape index (κ2) is 13.8. The van der Waals surface area contributed by atoms with Crippen molar-refractivity contribution in [3.63, 3.8) is 0 Å². The highest BCUT2D eigenvalue weighted by Crippen LogP contribution is 2.38. The van der Waals surface area contributed by atoms with Crippen molar-refractivity contribution in [1.29, 1.82) is 0 Å². The summed E-state index contributed by atoms with van der Waals surface area (Å²) in [5.74, 6) is 1.23. The second-order valence-corrected chi connectivity index (χ2v) is 10.0. The fraction of sp³-hybridized carbons (Fsp3) is 0.250. The number of aryl methyl sites for hydroxylation is 1. The Kier molecular flexibility index (Phi) is 10.00. The minimum absolute atomic E-state index is 0.102. The molecule has 1 aliphatic heterocycles. The molecule has 4 rings (SSSR count). The van der Waals surface area contributed by atoms with E-state index in [2.05, 4.69) is 37.8 Å². The normalized spacial score (nSPS) is 15.3. The molecule has 1 saturated heterocycles. The molecule has 3 aromatic carbocycles. The second-order valence-electron chi connectivity index (χ2n) is 9.00. The Labute approximate surface area is 235 Å². The van der Waals surface area contributed by atoms with E-state index in [4.69, 9.17) is 19.2 Å². The molecule has 0 bridgehead atoms. The number of para-hydroxylation sites is 1. The van der Waals surface area contributed by atoms with Crippen molar-refractivity contribution in [3.05, 3.63) is 107 Å². The largest absolute Gasteiger partial charge is 0.490 e. The number of hydrogen-bond donors (Lipinski definition) is 0. The molecular formula is C32H34N2O4S. The molecule has 3 aromatic rings. The van der Waals surface area contributed by atoms with Gasteiger partial charge in [-0.3, -0.25) is 9.69 Å². The predicted molar refractivity (Wildman–Crippen MR) is 160 cm³/mol. The first kappa shape index (κ1) is 28.2. The fourth-order valence-electron chi connectivity index (χ4n) is 4.08. The molecule has 0 N–H and O–H groups in total. The summed E-state index contributed by atoms with van der Waals surface area (Å²) >= 11 is 1.36. The molecule has 202 valence electrons. The van der Waals surface area contributed by atoms with Crippen LogP contribution in [0.1, 0.15) is 29.2 Å². The Bertz CT molecular complexity index is 1350. The number of rotatable bonds is 12. The van der Waals surface area contributed by atoms with E-state index < -0.39 is 0 Å². The maximum absolute atomic E-state index is 13.4. The molecule has 0 aliphatic carbocycles. The summed E-state index contributed by atoms with van der Waals surface area (Å²) in [6.07, 6.45) is 4.33. The first-order chi connectivity index (χ1) is 19.0. The summed E-state index contributed by atoms with van der Waals surface area (Å²) in [5, 5.41) is 0.629. The van der Waals surface area contributed by atoms with E-state index in [1.807, 2.05) is 61.5 Å². The van der Waals surface area contributed by atoms with Crippen molar-refractivity contribution in [1.82, 2.24) is 4.90 Å². The van der Waals surface area contributed by atoms with Gasteiger partial charge in [-0.25, -0.2) is 4.99 Å². The zero-order chi connectivity index (χ0) is 27.6. The van der Waals surface area contributed by atoms with E-state index in [9.17, 15) is 4.79 Å². The van der Waals surface area contributed by atoms with Crippen molar-refractivity contribution in [2.45, 2.75) is 26.9 Å². The van der Waals surface area contributed by atoms with Gasteiger partial charge in [0.05, 0.1) is 30.4 Å². The molecule has 0 saturated carbocycles. The maximum Gasteiger partial charge on any atom is 0.266 e. The molecule has 0 unspecified atom stereocenters. The number of aliphatic imine (C=N–C) groups is 1. The number of carbonyl (C=O) groups is 1. The zero-order valence-electron chi connectivity index (χ0n) is 22.7. The highest BCUT2D eigenvalue weighted by molar-refractivity contribution is 8.18. The highest BCUT2D eigenvalue weighted by Gasteiger charge is 2.33. The lowest BCUT2D eigenvalue weighted by Crippen LogP contribution is -2.32. The Balaban J connectivity index is 1.67. The van der Waals surface area contributed by atoms with Gasteiger partial charge >= 0.3 is 0 Å². The van der Waals surface area contributed by atoms with E-state index in [1.54, 1.807) is 12.0 Å². The highest BCUT2D eigenvalue weighted by atomic mass is 32.2. The summed E-state index contributed by atoms with van der Waals surface area (Å²) in [6.45, 7) is 9.68. The number of amides is 1. The lowest BCUT2D eigenvalue weighted by Gasteiger charge is -2.17. The molecular weight excluding hydrogens is 508 g/mol. The Morgan fingerprint density at radius 1 is 1.05 bits per heavy atom. The van der Waals surface area contributed by atoms with Crippen LogP contribution in [0.4, 0.5) is 5.69 Å². The van der Waals surface area contributed by atoms with Crippen molar-refractivity contribution in [3.8, 4) is 11.5 Å². The van der Waals surface area contributed by atoms with Gasteiger partial charge in [-0.05, 0) is 73.5 Å². The van der Waals surface area contributed by atoms with Crippen LogP contribution in [0.15, 0.2) is 89.3 Å². The maximum atomic E-state index is 13.4. The fourth-order valence-corrected chi connectivity index (χ4v) is 5.10. The molecule has 0 aromatic heterocycles. The molecule has 1 amide bonds. The standard InChI is InChI=1S/C32H34N2O4S/c1-5-10-26-19-25(20-28(37-6-2)30(26)38-22-24-15-13-23(3)14-16-24)21-29-31(35)34(17-18-36-4)32(39-29)33-27-11-8-7-9-12-27/h5,7-9,11-16,19-21H,1,6,10,17-18,22H2,2-4H3/b29-21+,33-32?. The van der Waals surface area contributed by atoms with E-state index in [0.717, 1.165) is 22.4 Å². The molecule has 0 spiro atoms. The molecule has 0 atom stereocenters. The molecule has 0 radical (unpaired) electrons. The van der Waals surface area contributed by atoms with Gasteiger partial charge in [0, 0.05) is 12.7 Å². The van der Waals surface area contributed by atoms with Crippen LogP contribution < -0.4 is 9.47 Å². The summed E-state index contributed by atoms with van der Waals surface area (Å²) in [5.41, 5.74) is 4.86. The van der Waals surface area contributed by atoms with Crippen LogP contribution in [0, 0.1) is 6.92 Å². The minimum Gasteiger partial charge on any atom is -0.490 e. The van der Waals surface area contributed by atoms with Crippen LogP contribution in [0.2, 0.25) is 0 Å². The summed E-state index contributed by atoms with van der Waals surface area (Å²) < 4.78 is 17.5. The lowest BCUT2D eigenvalue weighted by molar-refractivity contribution is -0.122. The number of hydrogen-bond acceptors (Lipinski definition) is 6. The molecule has 1 aliphatic rings. The van der Waals surface area contributed by atoms with Crippen LogP contribution >= 0.6 is 11.8 Å². The first-order valence-corrected chi connectivity index (χ1v) is 13.8. The number of methoxy groups -OCH3 is 1. The van der Waals surface area contributed by atoms with Crippen LogP contribution in [0.3, 0.4) is 0 Å². The first-order valence-electron chi connectivity index (χ1n) is 13.0. The number of nitrogens with zero attached hydrogens (tertiary/aromatic N) is 2. The van der Waals surface area contributed by atoms with Crippen LogP contribution in [-0.4, -0.2) is 42.8 Å². The zero-order valence-corrected chi connectivity index (χ0v) is 23.5. The van der Waals surface area contributed by atoms with Gasteiger partial charge in [0.25, 0.3) is 5.91 Å². The number of amidine groups is 1.